The van der Waals surface area contributed by atoms with Gasteiger partial charge in [0.1, 0.15) is 0 Å². The van der Waals surface area contributed by atoms with E-state index < -0.39 is 0 Å². The van der Waals surface area contributed by atoms with Crippen LogP contribution in [0.4, 0.5) is 0 Å². The van der Waals surface area contributed by atoms with Crippen LogP contribution in [0, 0.1) is 5.92 Å². The van der Waals surface area contributed by atoms with Gasteiger partial charge in [0.25, 0.3) is 5.91 Å². The minimum atomic E-state index is -0.0815. The van der Waals surface area contributed by atoms with Crippen molar-refractivity contribution >= 4 is 22.7 Å². The van der Waals surface area contributed by atoms with Crippen molar-refractivity contribution in [3.63, 3.8) is 0 Å². The lowest BCUT2D eigenvalue weighted by molar-refractivity contribution is -0.127. The number of fused-ring (bicyclic) bond motifs is 1. The first-order valence-corrected chi connectivity index (χ1v) is 10.4. The van der Waals surface area contributed by atoms with Gasteiger partial charge in [-0.1, -0.05) is 25.7 Å². The topological polar surface area (TPSA) is 65.2 Å². The van der Waals surface area contributed by atoms with E-state index in [4.69, 9.17) is 0 Å². The summed E-state index contributed by atoms with van der Waals surface area (Å²) in [6.45, 7) is 1.26. The molecule has 0 bridgehead atoms. The van der Waals surface area contributed by atoms with Crippen LogP contribution < -0.4 is 5.32 Å². The maximum absolute atomic E-state index is 13.0. The molecule has 0 spiro atoms. The van der Waals surface area contributed by atoms with Gasteiger partial charge in [-0.2, -0.15) is 0 Å². The van der Waals surface area contributed by atoms with Crippen molar-refractivity contribution in [1.29, 1.82) is 0 Å². The average Bonchev–Trinajstić information content (AvgIpc) is 3.03. The van der Waals surface area contributed by atoms with Crippen molar-refractivity contribution in [3.05, 3.63) is 36.0 Å². The van der Waals surface area contributed by atoms with E-state index in [0.29, 0.717) is 18.2 Å². The monoisotopic (exact) mass is 367 g/mol. The number of amides is 2. The molecule has 2 N–H and O–H groups in total. The molecule has 2 aromatic rings. The van der Waals surface area contributed by atoms with E-state index in [9.17, 15) is 9.59 Å². The Morgan fingerprint density at radius 1 is 1.00 bits per heavy atom. The SMILES string of the molecule is O=C(NC1CCCCCC1)[C@H]1CCCN(C(=O)c2ccc3[nH]ccc3c2)C1. The summed E-state index contributed by atoms with van der Waals surface area (Å²) < 4.78 is 0. The Labute approximate surface area is 160 Å². The van der Waals surface area contributed by atoms with Gasteiger partial charge >= 0.3 is 0 Å². The molecule has 5 heteroatoms. The lowest BCUT2D eigenvalue weighted by Crippen LogP contribution is -2.47. The Kier molecular flexibility index (Phi) is 5.46. The molecule has 0 radical (unpaired) electrons. The van der Waals surface area contributed by atoms with Gasteiger partial charge in [0.15, 0.2) is 0 Å². The van der Waals surface area contributed by atoms with Gasteiger partial charge in [-0.25, -0.2) is 0 Å². The zero-order chi connectivity index (χ0) is 18.6. The molecule has 27 heavy (non-hydrogen) atoms. The van der Waals surface area contributed by atoms with E-state index in [0.717, 1.165) is 43.1 Å². The third-order valence-corrected chi connectivity index (χ3v) is 6.08. The Bertz CT molecular complexity index is 805. The van der Waals surface area contributed by atoms with Gasteiger partial charge < -0.3 is 15.2 Å². The predicted molar refractivity (Wildman–Crippen MR) is 107 cm³/mol. The number of piperidine rings is 1. The number of hydrogen-bond acceptors (Lipinski definition) is 2. The first kappa shape index (κ1) is 18.1. The van der Waals surface area contributed by atoms with Crippen LogP contribution in [0.1, 0.15) is 61.7 Å². The standard InChI is InChI=1S/C22H29N3O2/c26-21(24-19-7-3-1-2-4-8-19)18-6-5-13-25(15-18)22(27)17-9-10-20-16(14-17)11-12-23-20/h9-12,14,18-19,23H,1-8,13,15H2,(H,24,26)/t18-/m0/s1. The molecule has 1 aliphatic heterocycles. The van der Waals surface area contributed by atoms with Crippen molar-refractivity contribution in [2.45, 2.75) is 57.4 Å². The van der Waals surface area contributed by atoms with Gasteiger partial charge in [-0.15, -0.1) is 0 Å². The Balaban J connectivity index is 1.39. The summed E-state index contributed by atoms with van der Waals surface area (Å²) in [6.07, 6.45) is 10.8. The zero-order valence-corrected chi connectivity index (χ0v) is 15.9. The van der Waals surface area contributed by atoms with Gasteiger partial charge in [-0.3, -0.25) is 9.59 Å². The molecule has 2 amide bonds. The molecule has 1 saturated carbocycles. The zero-order valence-electron chi connectivity index (χ0n) is 15.9. The minimum Gasteiger partial charge on any atom is -0.361 e. The second kappa shape index (κ2) is 8.15. The summed E-state index contributed by atoms with van der Waals surface area (Å²) in [7, 11) is 0. The molecular formula is C22H29N3O2. The van der Waals surface area contributed by atoms with Gasteiger partial charge in [0.05, 0.1) is 5.92 Å². The van der Waals surface area contributed by atoms with Crippen LogP contribution in [0.3, 0.4) is 0 Å². The van der Waals surface area contributed by atoms with Crippen molar-refractivity contribution in [2.75, 3.05) is 13.1 Å². The number of hydrogen-bond donors (Lipinski definition) is 2. The molecule has 144 valence electrons. The summed E-state index contributed by atoms with van der Waals surface area (Å²) in [5.41, 5.74) is 1.73. The smallest absolute Gasteiger partial charge is 0.253 e. The number of carbonyl (C=O) groups excluding carboxylic acids is 2. The molecule has 1 atom stereocenters. The second-order valence-corrected chi connectivity index (χ2v) is 8.07. The molecule has 2 aliphatic rings. The van der Waals surface area contributed by atoms with Crippen molar-refractivity contribution < 1.29 is 9.59 Å². The lowest BCUT2D eigenvalue weighted by Gasteiger charge is -2.33. The normalized spacial score (nSPS) is 21.8. The highest BCUT2D eigenvalue weighted by molar-refractivity contribution is 5.98. The number of rotatable bonds is 3. The number of benzene rings is 1. The molecule has 1 saturated heterocycles. The third-order valence-electron chi connectivity index (χ3n) is 6.08. The quantitative estimate of drug-likeness (QED) is 0.809. The van der Waals surface area contributed by atoms with Crippen LogP contribution in [0.15, 0.2) is 30.5 Å². The molecule has 1 aromatic heterocycles. The lowest BCUT2D eigenvalue weighted by atomic mass is 9.95. The fraction of sp³-hybridized carbons (Fsp3) is 0.545. The summed E-state index contributed by atoms with van der Waals surface area (Å²) in [4.78, 5) is 30.7. The summed E-state index contributed by atoms with van der Waals surface area (Å²) in [6, 6.07) is 8.05. The fourth-order valence-corrected chi connectivity index (χ4v) is 4.49. The number of H-pyrrole nitrogens is 1. The molecule has 2 heterocycles. The van der Waals surface area contributed by atoms with Gasteiger partial charge in [-0.05, 0) is 49.9 Å². The number of likely N-dealkylation sites (tertiary alicyclic amines) is 1. The number of nitrogens with one attached hydrogen (secondary N) is 2. The van der Waals surface area contributed by atoms with E-state index in [-0.39, 0.29) is 17.7 Å². The first-order chi connectivity index (χ1) is 13.2. The first-order valence-electron chi connectivity index (χ1n) is 10.4. The Morgan fingerprint density at radius 2 is 1.81 bits per heavy atom. The second-order valence-electron chi connectivity index (χ2n) is 8.07. The van der Waals surface area contributed by atoms with E-state index >= 15 is 0 Å². The van der Waals surface area contributed by atoms with E-state index in [1.807, 2.05) is 35.4 Å². The van der Waals surface area contributed by atoms with Crippen LogP contribution in [-0.2, 0) is 4.79 Å². The number of carbonyl (C=O) groups is 2. The van der Waals surface area contributed by atoms with Crippen molar-refractivity contribution in [2.24, 2.45) is 5.92 Å². The fourth-order valence-electron chi connectivity index (χ4n) is 4.49. The van der Waals surface area contributed by atoms with Gasteiger partial charge in [0, 0.05) is 41.8 Å². The highest BCUT2D eigenvalue weighted by Crippen LogP contribution is 2.23. The molecule has 1 aromatic carbocycles. The number of nitrogens with zero attached hydrogens (tertiary/aromatic N) is 1. The van der Waals surface area contributed by atoms with Crippen LogP contribution in [0.2, 0.25) is 0 Å². The van der Waals surface area contributed by atoms with E-state index in [1.165, 1.54) is 25.7 Å². The summed E-state index contributed by atoms with van der Waals surface area (Å²) in [5.74, 6) is 0.0903. The highest BCUT2D eigenvalue weighted by Gasteiger charge is 2.30. The minimum absolute atomic E-state index is 0.0325. The molecule has 1 aliphatic carbocycles. The van der Waals surface area contributed by atoms with E-state index in [2.05, 4.69) is 10.3 Å². The molecule has 2 fully saturated rings. The third kappa shape index (κ3) is 4.18. The van der Waals surface area contributed by atoms with Crippen LogP contribution >= 0.6 is 0 Å². The Hall–Kier alpha value is -2.30. The average molecular weight is 367 g/mol. The highest BCUT2D eigenvalue weighted by atomic mass is 16.2. The van der Waals surface area contributed by atoms with Crippen LogP contribution in [0.5, 0.6) is 0 Å². The van der Waals surface area contributed by atoms with Crippen molar-refractivity contribution in [3.8, 4) is 0 Å². The van der Waals surface area contributed by atoms with Crippen LogP contribution in [-0.4, -0.2) is 40.8 Å². The molecular weight excluding hydrogens is 338 g/mol. The largest absolute Gasteiger partial charge is 0.361 e. The molecule has 4 rings (SSSR count). The number of aromatic amines is 1. The Morgan fingerprint density at radius 3 is 2.63 bits per heavy atom. The molecule has 5 nitrogen and oxygen atoms in total. The maximum atomic E-state index is 13.0. The molecule has 0 unspecified atom stereocenters. The van der Waals surface area contributed by atoms with E-state index in [1.54, 1.807) is 0 Å². The van der Waals surface area contributed by atoms with Crippen LogP contribution in [0.25, 0.3) is 10.9 Å². The van der Waals surface area contributed by atoms with Gasteiger partial charge in [0.2, 0.25) is 5.91 Å². The predicted octanol–water partition coefficient (Wildman–Crippen LogP) is 3.86. The summed E-state index contributed by atoms with van der Waals surface area (Å²) in [5, 5.41) is 4.31. The summed E-state index contributed by atoms with van der Waals surface area (Å²) >= 11 is 0. The maximum Gasteiger partial charge on any atom is 0.253 e. The number of aromatic nitrogens is 1. The van der Waals surface area contributed by atoms with Crippen molar-refractivity contribution in [1.82, 2.24) is 15.2 Å².